The maximum absolute atomic E-state index is 12.5. The van der Waals surface area contributed by atoms with Crippen molar-refractivity contribution in [1.82, 2.24) is 25.0 Å². The van der Waals surface area contributed by atoms with E-state index in [2.05, 4.69) is 39.4 Å². The zero-order valence-electron chi connectivity index (χ0n) is 13.0. The van der Waals surface area contributed by atoms with Gasteiger partial charge in [-0.15, -0.1) is 5.10 Å². The molecule has 0 aliphatic heterocycles. The van der Waals surface area contributed by atoms with E-state index in [1.165, 1.54) is 7.11 Å². The summed E-state index contributed by atoms with van der Waals surface area (Å²) in [6, 6.07) is 0.188. The Morgan fingerprint density at radius 3 is 2.91 bits per heavy atom. The van der Waals surface area contributed by atoms with Crippen LogP contribution in [0, 0.1) is 5.92 Å². The molecular weight excluding hydrogens is 284 g/mol. The fourth-order valence-corrected chi connectivity index (χ4v) is 2.42. The first-order valence-electron chi connectivity index (χ1n) is 7.42. The van der Waals surface area contributed by atoms with Gasteiger partial charge in [-0.1, -0.05) is 13.8 Å². The van der Waals surface area contributed by atoms with Gasteiger partial charge in [-0.05, 0) is 18.8 Å². The summed E-state index contributed by atoms with van der Waals surface area (Å²) >= 11 is 0. The SMILES string of the molecule is COc1n[nH]c(NC(=O)c2cnn(CC(C)C)c2C2CC2)n1. The Kier molecular flexibility index (Phi) is 3.82. The van der Waals surface area contributed by atoms with Gasteiger partial charge in [0.25, 0.3) is 5.91 Å². The summed E-state index contributed by atoms with van der Waals surface area (Å²) in [5, 5.41) is 13.5. The Hall–Kier alpha value is -2.38. The number of hydrogen-bond acceptors (Lipinski definition) is 5. The van der Waals surface area contributed by atoms with Crippen molar-refractivity contribution in [2.45, 2.75) is 39.2 Å². The quantitative estimate of drug-likeness (QED) is 0.848. The third-order valence-corrected chi connectivity index (χ3v) is 3.51. The van der Waals surface area contributed by atoms with Crippen molar-refractivity contribution in [2.24, 2.45) is 5.92 Å². The van der Waals surface area contributed by atoms with Crippen LogP contribution in [0.4, 0.5) is 5.95 Å². The lowest BCUT2D eigenvalue weighted by atomic mass is 10.1. The molecule has 0 aromatic carbocycles. The van der Waals surface area contributed by atoms with Crippen molar-refractivity contribution in [3.05, 3.63) is 17.5 Å². The number of aromatic nitrogens is 5. The van der Waals surface area contributed by atoms with Gasteiger partial charge >= 0.3 is 6.01 Å². The van der Waals surface area contributed by atoms with Crippen LogP contribution >= 0.6 is 0 Å². The minimum absolute atomic E-state index is 0.188. The Bertz CT molecular complexity index is 671. The average molecular weight is 304 g/mol. The largest absolute Gasteiger partial charge is 0.466 e. The van der Waals surface area contributed by atoms with Crippen LogP contribution in [0.15, 0.2) is 6.20 Å². The van der Waals surface area contributed by atoms with Crippen LogP contribution in [-0.2, 0) is 6.54 Å². The van der Waals surface area contributed by atoms with Gasteiger partial charge in [-0.25, -0.2) is 5.10 Å². The molecule has 0 saturated heterocycles. The molecule has 1 aliphatic rings. The van der Waals surface area contributed by atoms with Gasteiger partial charge in [-0.3, -0.25) is 14.8 Å². The molecule has 2 N–H and O–H groups in total. The van der Waals surface area contributed by atoms with E-state index in [0.29, 0.717) is 17.4 Å². The molecule has 8 nitrogen and oxygen atoms in total. The van der Waals surface area contributed by atoms with Crippen LogP contribution in [0.2, 0.25) is 0 Å². The Morgan fingerprint density at radius 2 is 2.32 bits per heavy atom. The number of nitrogens with one attached hydrogen (secondary N) is 2. The first kappa shape index (κ1) is 14.6. The Morgan fingerprint density at radius 1 is 1.55 bits per heavy atom. The van der Waals surface area contributed by atoms with Crippen molar-refractivity contribution in [2.75, 3.05) is 12.4 Å². The standard InChI is InChI=1S/C14H20N6O2/c1-8(2)7-20-11(9-4-5-9)10(6-15-20)12(21)16-13-17-14(22-3)19-18-13/h6,8-9H,4-5,7H2,1-3H3,(H2,16,17,18,19,21). The number of hydrogen-bond donors (Lipinski definition) is 2. The number of amides is 1. The molecule has 2 aromatic rings. The van der Waals surface area contributed by atoms with Gasteiger partial charge in [0.05, 0.1) is 24.6 Å². The number of carbonyl (C=O) groups excluding carboxylic acids is 1. The summed E-state index contributed by atoms with van der Waals surface area (Å²) < 4.78 is 6.84. The van der Waals surface area contributed by atoms with Gasteiger partial charge in [-0.2, -0.15) is 10.1 Å². The molecule has 2 aromatic heterocycles. The maximum Gasteiger partial charge on any atom is 0.336 e. The van der Waals surface area contributed by atoms with Crippen molar-refractivity contribution in [3.8, 4) is 6.01 Å². The maximum atomic E-state index is 12.5. The third-order valence-electron chi connectivity index (χ3n) is 3.51. The zero-order valence-corrected chi connectivity index (χ0v) is 13.0. The van der Waals surface area contributed by atoms with E-state index < -0.39 is 0 Å². The number of carbonyl (C=O) groups is 1. The molecule has 3 rings (SSSR count). The molecule has 0 unspecified atom stereocenters. The molecular formula is C14H20N6O2. The van der Waals surface area contributed by atoms with E-state index in [4.69, 9.17) is 4.74 Å². The minimum Gasteiger partial charge on any atom is -0.466 e. The van der Waals surface area contributed by atoms with Crippen molar-refractivity contribution >= 4 is 11.9 Å². The highest BCUT2D eigenvalue weighted by Crippen LogP contribution is 2.42. The molecule has 1 aliphatic carbocycles. The molecule has 8 heteroatoms. The molecule has 0 atom stereocenters. The van der Waals surface area contributed by atoms with Crippen molar-refractivity contribution in [3.63, 3.8) is 0 Å². The summed E-state index contributed by atoms with van der Waals surface area (Å²) in [7, 11) is 1.47. The second-order valence-electron chi connectivity index (χ2n) is 5.92. The third kappa shape index (κ3) is 2.95. The highest BCUT2D eigenvalue weighted by Gasteiger charge is 2.32. The second-order valence-corrected chi connectivity index (χ2v) is 5.92. The van der Waals surface area contributed by atoms with Crippen LogP contribution in [-0.4, -0.2) is 38.0 Å². The van der Waals surface area contributed by atoms with Gasteiger partial charge in [0.15, 0.2) is 0 Å². The second kappa shape index (κ2) is 5.78. The summed E-state index contributed by atoms with van der Waals surface area (Å²) in [6.45, 7) is 5.09. The highest BCUT2D eigenvalue weighted by atomic mass is 16.5. The van der Waals surface area contributed by atoms with E-state index in [0.717, 1.165) is 25.1 Å². The number of anilines is 1. The Balaban J connectivity index is 1.81. The zero-order chi connectivity index (χ0) is 15.7. The van der Waals surface area contributed by atoms with Crippen LogP contribution in [0.5, 0.6) is 6.01 Å². The van der Waals surface area contributed by atoms with Gasteiger partial charge in [0, 0.05) is 12.5 Å². The number of H-pyrrole nitrogens is 1. The van der Waals surface area contributed by atoms with Crippen LogP contribution in [0.3, 0.4) is 0 Å². The lowest BCUT2D eigenvalue weighted by Gasteiger charge is -2.10. The van der Waals surface area contributed by atoms with Crippen LogP contribution < -0.4 is 10.1 Å². The average Bonchev–Trinajstić information content (AvgIpc) is 3.06. The number of nitrogens with zero attached hydrogens (tertiary/aromatic N) is 4. The monoisotopic (exact) mass is 304 g/mol. The Labute approximate surface area is 128 Å². The van der Waals surface area contributed by atoms with Gasteiger partial charge in [0.1, 0.15) is 0 Å². The van der Waals surface area contributed by atoms with E-state index >= 15 is 0 Å². The summed E-state index contributed by atoms with van der Waals surface area (Å²) in [5.74, 6) is 0.953. The van der Waals surface area contributed by atoms with Gasteiger partial charge < -0.3 is 4.74 Å². The first-order chi connectivity index (χ1) is 10.6. The van der Waals surface area contributed by atoms with E-state index in [1.807, 2.05) is 4.68 Å². The van der Waals surface area contributed by atoms with Crippen LogP contribution in [0.25, 0.3) is 0 Å². The van der Waals surface area contributed by atoms with Gasteiger partial charge in [0.2, 0.25) is 5.95 Å². The molecule has 118 valence electrons. The van der Waals surface area contributed by atoms with Crippen molar-refractivity contribution < 1.29 is 9.53 Å². The molecule has 1 amide bonds. The fraction of sp³-hybridized carbons (Fsp3) is 0.571. The number of rotatable bonds is 6. The molecule has 0 radical (unpaired) electrons. The van der Waals surface area contributed by atoms with E-state index in [1.54, 1.807) is 6.20 Å². The molecule has 22 heavy (non-hydrogen) atoms. The summed E-state index contributed by atoms with van der Waals surface area (Å²) in [6.07, 6.45) is 3.86. The number of aromatic amines is 1. The van der Waals surface area contributed by atoms with Crippen molar-refractivity contribution in [1.29, 1.82) is 0 Å². The van der Waals surface area contributed by atoms with E-state index in [-0.39, 0.29) is 17.9 Å². The summed E-state index contributed by atoms with van der Waals surface area (Å²) in [5.41, 5.74) is 1.64. The normalized spacial score (nSPS) is 14.4. The summed E-state index contributed by atoms with van der Waals surface area (Å²) in [4.78, 5) is 16.5. The smallest absolute Gasteiger partial charge is 0.336 e. The fourth-order valence-electron chi connectivity index (χ4n) is 2.42. The number of ether oxygens (including phenoxy) is 1. The van der Waals surface area contributed by atoms with Crippen LogP contribution in [0.1, 0.15) is 48.7 Å². The highest BCUT2D eigenvalue weighted by molar-refractivity contribution is 6.04. The molecule has 1 fully saturated rings. The minimum atomic E-state index is -0.226. The predicted molar refractivity (Wildman–Crippen MR) is 79.9 cm³/mol. The molecule has 2 heterocycles. The molecule has 0 bridgehead atoms. The number of methoxy groups -OCH3 is 1. The van der Waals surface area contributed by atoms with E-state index in [9.17, 15) is 4.79 Å². The lowest BCUT2D eigenvalue weighted by Crippen LogP contribution is -2.16. The molecule has 1 saturated carbocycles. The first-order valence-corrected chi connectivity index (χ1v) is 7.42. The molecule has 0 spiro atoms. The topological polar surface area (TPSA) is 97.7 Å². The lowest BCUT2D eigenvalue weighted by molar-refractivity contribution is 0.102. The predicted octanol–water partition coefficient (Wildman–Crippen LogP) is 1.80.